The summed E-state index contributed by atoms with van der Waals surface area (Å²) in [5.41, 5.74) is 1.51. The van der Waals surface area contributed by atoms with E-state index < -0.39 is 0 Å². The van der Waals surface area contributed by atoms with E-state index >= 15 is 0 Å². The number of halogens is 1. The Kier molecular flexibility index (Phi) is 3.73. The average Bonchev–Trinajstić information content (AvgIpc) is 2.38. The monoisotopic (exact) mass is 246 g/mol. The van der Waals surface area contributed by atoms with E-state index in [2.05, 4.69) is 10.3 Å². The summed E-state index contributed by atoms with van der Waals surface area (Å²) in [5, 5.41) is 3.74. The number of hydrogen-bond acceptors (Lipinski definition) is 3. The summed E-state index contributed by atoms with van der Waals surface area (Å²) >= 11 is 6.06. The van der Waals surface area contributed by atoms with Gasteiger partial charge in [-0.1, -0.05) is 29.8 Å². The molecule has 3 nitrogen and oxygen atoms in total. The molecular formula is C13H11ClN2O. The molecule has 0 aliphatic heterocycles. The van der Waals surface area contributed by atoms with Gasteiger partial charge in [-0.3, -0.25) is 4.79 Å². The maximum atomic E-state index is 10.6. The second kappa shape index (κ2) is 5.46. The van der Waals surface area contributed by atoms with E-state index in [4.69, 9.17) is 11.6 Å². The standard InChI is InChI=1S/C13H11ClN2O/c14-12-7-10(9-17)4-5-11(12)8-16-13-3-1-2-6-15-13/h1-7,9H,8H2,(H,15,16). The summed E-state index contributed by atoms with van der Waals surface area (Å²) in [6.07, 6.45) is 2.50. The summed E-state index contributed by atoms with van der Waals surface area (Å²) in [4.78, 5) is 14.7. The minimum atomic E-state index is 0.578. The Morgan fingerprint density at radius 1 is 1.29 bits per heavy atom. The highest BCUT2D eigenvalue weighted by atomic mass is 35.5. The highest BCUT2D eigenvalue weighted by Gasteiger charge is 2.01. The Morgan fingerprint density at radius 3 is 2.82 bits per heavy atom. The Bertz CT molecular complexity index is 514. The molecule has 0 saturated carbocycles. The van der Waals surface area contributed by atoms with Crippen LogP contribution in [0.1, 0.15) is 15.9 Å². The van der Waals surface area contributed by atoms with Crippen molar-refractivity contribution >= 4 is 23.7 Å². The molecule has 4 heteroatoms. The number of aldehydes is 1. The molecule has 0 atom stereocenters. The molecule has 2 aromatic rings. The van der Waals surface area contributed by atoms with Crippen molar-refractivity contribution in [2.24, 2.45) is 0 Å². The lowest BCUT2D eigenvalue weighted by atomic mass is 10.1. The first kappa shape index (κ1) is 11.6. The first-order valence-corrected chi connectivity index (χ1v) is 5.56. The van der Waals surface area contributed by atoms with Crippen LogP contribution in [0.5, 0.6) is 0 Å². The first-order valence-electron chi connectivity index (χ1n) is 5.18. The SMILES string of the molecule is O=Cc1ccc(CNc2ccccn2)c(Cl)c1. The maximum Gasteiger partial charge on any atom is 0.150 e. The zero-order valence-corrected chi connectivity index (χ0v) is 9.82. The second-order valence-electron chi connectivity index (χ2n) is 3.54. The van der Waals surface area contributed by atoms with Gasteiger partial charge in [-0.25, -0.2) is 4.98 Å². The molecule has 1 aromatic heterocycles. The van der Waals surface area contributed by atoms with Crippen molar-refractivity contribution in [3.8, 4) is 0 Å². The fraction of sp³-hybridized carbons (Fsp3) is 0.0769. The number of aromatic nitrogens is 1. The van der Waals surface area contributed by atoms with E-state index in [1.165, 1.54) is 0 Å². The molecule has 86 valence electrons. The van der Waals surface area contributed by atoms with Crippen LogP contribution >= 0.6 is 11.6 Å². The molecule has 2 rings (SSSR count). The number of rotatable bonds is 4. The van der Waals surface area contributed by atoms with Crippen molar-refractivity contribution in [2.75, 3.05) is 5.32 Å². The van der Waals surface area contributed by atoms with Crippen LogP contribution in [0.15, 0.2) is 42.6 Å². The van der Waals surface area contributed by atoms with Crippen molar-refractivity contribution in [3.05, 3.63) is 58.7 Å². The number of pyridine rings is 1. The number of hydrogen-bond donors (Lipinski definition) is 1. The highest BCUT2D eigenvalue weighted by Crippen LogP contribution is 2.18. The van der Waals surface area contributed by atoms with Gasteiger partial charge in [0.25, 0.3) is 0 Å². The van der Waals surface area contributed by atoms with Crippen LogP contribution in [-0.4, -0.2) is 11.3 Å². The summed E-state index contributed by atoms with van der Waals surface area (Å²) in [6, 6.07) is 10.9. The Balaban J connectivity index is 2.07. The van der Waals surface area contributed by atoms with Crippen LogP contribution in [0, 0.1) is 0 Å². The van der Waals surface area contributed by atoms with Gasteiger partial charge >= 0.3 is 0 Å². The third-order valence-electron chi connectivity index (χ3n) is 2.34. The maximum absolute atomic E-state index is 10.6. The Morgan fingerprint density at radius 2 is 2.18 bits per heavy atom. The van der Waals surface area contributed by atoms with E-state index in [9.17, 15) is 4.79 Å². The fourth-order valence-electron chi connectivity index (χ4n) is 1.43. The topological polar surface area (TPSA) is 42.0 Å². The molecule has 0 amide bonds. The molecule has 1 N–H and O–H groups in total. The smallest absolute Gasteiger partial charge is 0.150 e. The normalized spacial score (nSPS) is 9.94. The number of nitrogens with zero attached hydrogens (tertiary/aromatic N) is 1. The number of nitrogens with one attached hydrogen (secondary N) is 1. The second-order valence-corrected chi connectivity index (χ2v) is 3.94. The fourth-order valence-corrected chi connectivity index (χ4v) is 1.69. The first-order chi connectivity index (χ1) is 8.29. The van der Waals surface area contributed by atoms with Crippen LogP contribution in [-0.2, 0) is 6.54 Å². The van der Waals surface area contributed by atoms with Gasteiger partial charge in [-0.2, -0.15) is 0 Å². The Hall–Kier alpha value is -1.87. The van der Waals surface area contributed by atoms with E-state index in [1.54, 1.807) is 18.3 Å². The van der Waals surface area contributed by atoms with Gasteiger partial charge < -0.3 is 5.32 Å². The molecule has 0 spiro atoms. The molecule has 0 aliphatic rings. The lowest BCUT2D eigenvalue weighted by Crippen LogP contribution is -2.01. The molecule has 0 aliphatic carbocycles. The van der Waals surface area contributed by atoms with Crippen LogP contribution in [0.4, 0.5) is 5.82 Å². The van der Waals surface area contributed by atoms with E-state index in [0.29, 0.717) is 17.1 Å². The number of anilines is 1. The molecule has 0 fully saturated rings. The molecular weight excluding hydrogens is 236 g/mol. The lowest BCUT2D eigenvalue weighted by Gasteiger charge is -2.07. The molecule has 0 unspecified atom stereocenters. The molecule has 1 aromatic carbocycles. The van der Waals surface area contributed by atoms with Crippen LogP contribution in [0.2, 0.25) is 5.02 Å². The predicted molar refractivity (Wildman–Crippen MR) is 68.4 cm³/mol. The van der Waals surface area contributed by atoms with Crippen molar-refractivity contribution < 1.29 is 4.79 Å². The third kappa shape index (κ3) is 3.04. The zero-order valence-electron chi connectivity index (χ0n) is 9.06. The largest absolute Gasteiger partial charge is 0.366 e. The van der Waals surface area contributed by atoms with Crippen molar-refractivity contribution in [3.63, 3.8) is 0 Å². The van der Waals surface area contributed by atoms with Gasteiger partial charge in [0, 0.05) is 23.3 Å². The summed E-state index contributed by atoms with van der Waals surface area (Å²) in [6.45, 7) is 0.578. The van der Waals surface area contributed by atoms with Gasteiger partial charge in [-0.05, 0) is 23.8 Å². The quantitative estimate of drug-likeness (QED) is 0.843. The van der Waals surface area contributed by atoms with Crippen LogP contribution in [0.3, 0.4) is 0 Å². The van der Waals surface area contributed by atoms with Gasteiger partial charge in [0.15, 0.2) is 0 Å². The van der Waals surface area contributed by atoms with Crippen molar-refractivity contribution in [2.45, 2.75) is 6.54 Å². The molecule has 1 heterocycles. The van der Waals surface area contributed by atoms with Crippen LogP contribution in [0.25, 0.3) is 0 Å². The van der Waals surface area contributed by atoms with Crippen LogP contribution < -0.4 is 5.32 Å². The minimum absolute atomic E-state index is 0.578. The minimum Gasteiger partial charge on any atom is -0.366 e. The predicted octanol–water partition coefficient (Wildman–Crippen LogP) is 3.16. The molecule has 0 radical (unpaired) electrons. The molecule has 17 heavy (non-hydrogen) atoms. The number of benzene rings is 1. The zero-order chi connectivity index (χ0) is 12.1. The summed E-state index contributed by atoms with van der Waals surface area (Å²) in [5.74, 6) is 0.794. The Labute approximate surface area is 104 Å². The van der Waals surface area contributed by atoms with Gasteiger partial charge in [0.05, 0.1) is 0 Å². The molecule has 0 bridgehead atoms. The van der Waals surface area contributed by atoms with Crippen molar-refractivity contribution in [1.29, 1.82) is 0 Å². The van der Waals surface area contributed by atoms with Gasteiger partial charge in [0.1, 0.15) is 12.1 Å². The lowest BCUT2D eigenvalue weighted by molar-refractivity contribution is 0.112. The number of carbonyl (C=O) groups excluding carboxylic acids is 1. The third-order valence-corrected chi connectivity index (χ3v) is 2.69. The van der Waals surface area contributed by atoms with E-state index in [0.717, 1.165) is 17.7 Å². The van der Waals surface area contributed by atoms with Gasteiger partial charge in [-0.15, -0.1) is 0 Å². The van der Waals surface area contributed by atoms with Gasteiger partial charge in [0.2, 0.25) is 0 Å². The molecule has 0 saturated heterocycles. The number of carbonyl (C=O) groups is 1. The highest BCUT2D eigenvalue weighted by molar-refractivity contribution is 6.31. The summed E-state index contributed by atoms with van der Waals surface area (Å²) in [7, 11) is 0. The summed E-state index contributed by atoms with van der Waals surface area (Å²) < 4.78 is 0. The average molecular weight is 247 g/mol. The van der Waals surface area contributed by atoms with Crippen molar-refractivity contribution in [1.82, 2.24) is 4.98 Å². The van der Waals surface area contributed by atoms with E-state index in [1.807, 2.05) is 24.3 Å². The van der Waals surface area contributed by atoms with E-state index in [-0.39, 0.29) is 0 Å².